The van der Waals surface area contributed by atoms with Crippen molar-refractivity contribution in [3.63, 3.8) is 0 Å². The number of nitrogens with zero attached hydrogens (tertiary/aromatic N) is 6. The lowest BCUT2D eigenvalue weighted by atomic mass is 9.95. The first-order valence-electron chi connectivity index (χ1n) is 13.6. The fourth-order valence-corrected chi connectivity index (χ4v) is 5.79. The number of nitrogen functional groups attached to an aromatic ring is 2. The van der Waals surface area contributed by atoms with Crippen LogP contribution >= 0.6 is 8.38 Å². The third-order valence-electron chi connectivity index (χ3n) is 7.89. The molecule has 4 aromatic heterocycles. The van der Waals surface area contributed by atoms with E-state index in [1.54, 1.807) is 12.1 Å². The molecule has 0 spiro atoms. The summed E-state index contributed by atoms with van der Waals surface area (Å²) in [5.41, 5.74) is 7.68. The van der Waals surface area contributed by atoms with E-state index in [9.17, 15) is 34.1 Å². The Bertz CT molecular complexity index is 1650. The molecular weight excluding hydrogens is 641 g/mol. The quantitative estimate of drug-likeness (QED) is 0.0886. The number of anilines is 2. The van der Waals surface area contributed by atoms with E-state index in [2.05, 4.69) is 19.9 Å². The largest absolute Gasteiger partial charge is 0.394 e. The number of alkyl halides is 2. The number of rotatable bonds is 9. The maximum absolute atomic E-state index is 13.6. The Morgan fingerprint density at radius 3 is 1.72 bits per heavy atom. The van der Waals surface area contributed by atoms with Gasteiger partial charge in [0.05, 0.1) is 24.0 Å². The first kappa shape index (κ1) is 34.1. The lowest BCUT2D eigenvalue weighted by molar-refractivity contribution is -0.118. The van der Waals surface area contributed by atoms with Crippen molar-refractivity contribution in [2.75, 3.05) is 44.4 Å². The zero-order chi connectivity index (χ0) is 33.4. The molecule has 4 aromatic rings. The fourth-order valence-electron chi connectivity index (χ4n) is 5.39. The van der Waals surface area contributed by atoms with Crippen molar-refractivity contribution in [1.82, 2.24) is 29.1 Å². The lowest BCUT2D eigenvalue weighted by Gasteiger charge is -2.29. The number of aliphatic hydroxyl groups excluding tert-OH is 4. The molecule has 2 aliphatic rings. The molecular formula is C25H33F2N8O10P. The van der Waals surface area contributed by atoms with E-state index in [4.69, 9.17) is 35.7 Å². The van der Waals surface area contributed by atoms with Crippen LogP contribution in [0.2, 0.25) is 0 Å². The topological polar surface area (TPSA) is 283 Å². The van der Waals surface area contributed by atoms with E-state index >= 15 is 0 Å². The molecule has 9 atom stereocenters. The second-order valence-electron chi connectivity index (χ2n) is 10.6. The van der Waals surface area contributed by atoms with Gasteiger partial charge >= 0.3 is 0 Å². The average Bonchev–Trinajstić information content (AvgIpc) is 3.81. The second kappa shape index (κ2) is 13.5. The molecule has 2 aliphatic heterocycles. The summed E-state index contributed by atoms with van der Waals surface area (Å²) in [5.74, 6) is 0.444. The van der Waals surface area contributed by atoms with Crippen LogP contribution in [0.25, 0.3) is 22.1 Å². The van der Waals surface area contributed by atoms with Crippen LogP contribution in [-0.4, -0.2) is 133 Å². The summed E-state index contributed by atoms with van der Waals surface area (Å²) < 4.78 is 45.6. The molecule has 6 rings (SSSR count). The summed E-state index contributed by atoms with van der Waals surface area (Å²) >= 11 is 0. The number of aliphatic hydroxyl groups is 6. The van der Waals surface area contributed by atoms with Gasteiger partial charge in [0, 0.05) is 12.4 Å². The summed E-state index contributed by atoms with van der Waals surface area (Å²) in [6.45, 7) is -3.41. The zero-order valence-electron chi connectivity index (χ0n) is 23.9. The van der Waals surface area contributed by atoms with Gasteiger partial charge < -0.3 is 70.1 Å². The highest BCUT2D eigenvalue weighted by molar-refractivity contribution is 7.45. The molecule has 6 heterocycles. The summed E-state index contributed by atoms with van der Waals surface area (Å²) in [5, 5.41) is 60.2. The Hall–Kier alpha value is -3.27. The Morgan fingerprint density at radius 1 is 0.826 bits per heavy atom. The number of hydrogen-bond acceptors (Lipinski definition) is 16. The number of aromatic nitrogens is 6. The van der Waals surface area contributed by atoms with Gasteiger partial charge in [0.25, 0.3) is 0 Å². The normalized spacial score (nSPS) is 31.8. The second-order valence-corrected chi connectivity index (χ2v) is 11.8. The summed E-state index contributed by atoms with van der Waals surface area (Å²) in [6, 6.07) is 3.19. The van der Waals surface area contributed by atoms with Crippen LogP contribution in [0.3, 0.4) is 0 Å². The van der Waals surface area contributed by atoms with E-state index in [1.807, 2.05) is 0 Å². The number of hydrogen-bond donors (Lipinski definition) is 9. The van der Waals surface area contributed by atoms with Gasteiger partial charge in [-0.1, -0.05) is 0 Å². The van der Waals surface area contributed by atoms with Crippen molar-refractivity contribution < 1.29 is 58.3 Å². The minimum absolute atomic E-state index is 0.208. The van der Waals surface area contributed by atoms with Gasteiger partial charge in [0.2, 0.25) is 0 Å². The van der Waals surface area contributed by atoms with Gasteiger partial charge in [-0.2, -0.15) is 0 Å². The minimum atomic E-state index is -2.25. The molecule has 0 saturated carbocycles. The van der Waals surface area contributed by atoms with Gasteiger partial charge in [-0.25, -0.2) is 28.7 Å². The van der Waals surface area contributed by atoms with Crippen LogP contribution in [0.15, 0.2) is 37.2 Å². The monoisotopic (exact) mass is 674 g/mol. The maximum atomic E-state index is 13.6. The fraction of sp³-hybridized carbons (Fsp3) is 0.520. The molecule has 0 radical (unpaired) electrons. The smallest absolute Gasteiger partial charge is 0.195 e. The number of halogens is 2. The van der Waals surface area contributed by atoms with E-state index in [-0.39, 0.29) is 18.2 Å². The molecule has 21 heteroatoms. The average molecular weight is 675 g/mol. The Morgan fingerprint density at radius 2 is 1.28 bits per heavy atom. The highest BCUT2D eigenvalue weighted by Gasteiger charge is 2.58. The van der Waals surface area contributed by atoms with Crippen molar-refractivity contribution >= 4 is 42.1 Å². The van der Waals surface area contributed by atoms with Crippen molar-refractivity contribution in [2.24, 2.45) is 0 Å². The molecule has 0 bridgehead atoms. The number of ether oxygens (including phenoxy) is 2. The predicted octanol–water partition coefficient (Wildman–Crippen LogP) is -1.79. The van der Waals surface area contributed by atoms with Crippen LogP contribution in [0.1, 0.15) is 12.5 Å². The molecule has 0 amide bonds. The number of nitrogens with two attached hydrogens (primary N) is 2. The predicted molar refractivity (Wildman–Crippen MR) is 155 cm³/mol. The summed E-state index contributed by atoms with van der Waals surface area (Å²) in [7, 11) is -2.10. The number of fused-ring (bicyclic) bond motifs is 2. The Labute approximate surface area is 259 Å². The van der Waals surface area contributed by atoms with Gasteiger partial charge in [0.1, 0.15) is 79.7 Å². The molecule has 46 heavy (non-hydrogen) atoms. The molecule has 3 unspecified atom stereocenters. The van der Waals surface area contributed by atoms with Crippen molar-refractivity contribution in [1.29, 1.82) is 0 Å². The van der Waals surface area contributed by atoms with Crippen LogP contribution in [0.5, 0.6) is 0 Å². The van der Waals surface area contributed by atoms with Crippen molar-refractivity contribution in [2.45, 2.75) is 48.1 Å². The highest BCUT2D eigenvalue weighted by atomic mass is 31.2. The van der Waals surface area contributed by atoms with Gasteiger partial charge in [-0.3, -0.25) is 0 Å². The van der Waals surface area contributed by atoms with E-state index in [1.165, 1.54) is 34.2 Å². The minimum Gasteiger partial charge on any atom is -0.394 e. The lowest BCUT2D eigenvalue weighted by Crippen LogP contribution is -2.49. The maximum Gasteiger partial charge on any atom is 0.195 e. The van der Waals surface area contributed by atoms with Crippen molar-refractivity contribution in [3.05, 3.63) is 37.2 Å². The molecule has 252 valence electrons. The molecule has 2 saturated heterocycles. The van der Waals surface area contributed by atoms with Gasteiger partial charge in [-0.05, 0) is 12.1 Å². The van der Waals surface area contributed by atoms with Crippen LogP contribution in [-0.2, 0) is 14.0 Å². The first-order valence-corrected chi connectivity index (χ1v) is 15.0. The Kier molecular flexibility index (Phi) is 9.97. The molecule has 18 nitrogen and oxygen atoms in total. The van der Waals surface area contributed by atoms with Crippen LogP contribution < -0.4 is 11.5 Å². The molecule has 0 aromatic carbocycles. The third kappa shape index (κ3) is 5.75. The third-order valence-corrected chi connectivity index (χ3v) is 8.58. The molecule has 11 N–H and O–H groups in total. The first-order chi connectivity index (χ1) is 21.9. The van der Waals surface area contributed by atoms with E-state index < -0.39 is 82.8 Å². The standard InChI is InChI=1S/C13H18FN4O6P.C12H15FN4O4/c14-4-13(21)9(20)8(3-23-25(22)6-19)24-12(13)18-2-1-7-10(15)16-5-17-11(7)18;13-4-12(20)8(19)7(3-18)21-11(12)17-2-1-6-9(14)15-5-16-10(6)17/h1-2,5,8-9,12,19-22H,3-4,6H2,(H2,15,16,17);1-2,5,7-8,11,18-20H,3-4H2,(H2,14,15,16)/t8-,9?,12-,13-,25?;7-,8?,11-,12-/m11/s1. The Balaban J connectivity index is 0.000000184. The zero-order valence-corrected chi connectivity index (χ0v) is 24.8. The van der Waals surface area contributed by atoms with Crippen molar-refractivity contribution in [3.8, 4) is 0 Å². The molecule has 0 aliphatic carbocycles. The van der Waals surface area contributed by atoms with Crippen LogP contribution in [0.4, 0.5) is 20.4 Å². The summed E-state index contributed by atoms with van der Waals surface area (Å²) in [4.78, 5) is 25.1. The van der Waals surface area contributed by atoms with Gasteiger partial charge in [0.15, 0.2) is 32.0 Å². The van der Waals surface area contributed by atoms with Gasteiger partial charge in [-0.15, -0.1) is 0 Å². The SMILES string of the molecule is Nc1ncnc2c1ccn2[C@@H]1O[C@H](CO)C(O)[C@]1(O)CF.Nc1ncnc2c1ccn2[C@@H]1O[C@H](COP(O)CO)C(O)[C@]1(O)CF. The molecule has 2 fully saturated rings. The van der Waals surface area contributed by atoms with Crippen LogP contribution in [0, 0.1) is 0 Å². The summed E-state index contributed by atoms with van der Waals surface area (Å²) in [6.07, 6.45) is -3.07. The highest BCUT2D eigenvalue weighted by Crippen LogP contribution is 2.43. The van der Waals surface area contributed by atoms with E-state index in [0.29, 0.717) is 22.1 Å². The van der Waals surface area contributed by atoms with E-state index in [0.717, 1.165) is 0 Å².